The predicted molar refractivity (Wildman–Crippen MR) is 119 cm³/mol. The van der Waals surface area contributed by atoms with E-state index >= 15 is 0 Å². The number of carbonyl (C=O) groups excluding carboxylic acids is 2. The SMILES string of the molecule is COc1ccc(C2=C(N3CCC(C)CC3)C(=O)N(c3cc(Cl)cc(Cl)c3)C2=O)cc1. The molecule has 4 rings (SSSR count). The van der Waals surface area contributed by atoms with Crippen molar-refractivity contribution in [2.45, 2.75) is 19.8 Å². The van der Waals surface area contributed by atoms with E-state index in [1.165, 1.54) is 4.90 Å². The molecule has 0 spiro atoms. The maximum atomic E-state index is 13.5. The molecule has 2 aromatic carbocycles. The maximum Gasteiger partial charge on any atom is 0.282 e. The van der Waals surface area contributed by atoms with Crippen LogP contribution in [-0.2, 0) is 9.59 Å². The van der Waals surface area contributed by atoms with Crippen LogP contribution in [-0.4, -0.2) is 36.9 Å². The van der Waals surface area contributed by atoms with E-state index in [-0.39, 0.29) is 11.8 Å². The van der Waals surface area contributed by atoms with Crippen molar-refractivity contribution in [1.82, 2.24) is 4.90 Å². The Hall–Kier alpha value is -2.50. The van der Waals surface area contributed by atoms with Crippen molar-refractivity contribution in [3.8, 4) is 5.75 Å². The summed E-state index contributed by atoms with van der Waals surface area (Å²) in [7, 11) is 1.59. The fourth-order valence-corrected chi connectivity index (χ4v) is 4.48. The number of benzene rings is 2. The Morgan fingerprint density at radius 2 is 1.53 bits per heavy atom. The van der Waals surface area contributed by atoms with Crippen LogP contribution in [0.1, 0.15) is 25.3 Å². The standard InChI is InChI=1S/C23H22Cl2N2O3/c1-14-7-9-26(10-8-14)21-20(15-3-5-19(30-2)6-4-15)22(28)27(23(21)29)18-12-16(24)11-17(25)13-18/h3-6,11-14H,7-10H2,1-2H3. The summed E-state index contributed by atoms with van der Waals surface area (Å²) in [5, 5.41) is 0.730. The van der Waals surface area contributed by atoms with Gasteiger partial charge < -0.3 is 9.64 Å². The molecule has 2 aliphatic heterocycles. The number of methoxy groups -OCH3 is 1. The molecule has 30 heavy (non-hydrogen) atoms. The third kappa shape index (κ3) is 3.80. The number of halogens is 2. The van der Waals surface area contributed by atoms with Gasteiger partial charge in [-0.05, 0) is 54.7 Å². The lowest BCUT2D eigenvalue weighted by Crippen LogP contribution is -2.38. The second-order valence-electron chi connectivity index (χ2n) is 7.70. The number of hydrogen-bond donors (Lipinski definition) is 0. The van der Waals surface area contributed by atoms with E-state index in [1.807, 2.05) is 4.90 Å². The van der Waals surface area contributed by atoms with Crippen molar-refractivity contribution in [3.63, 3.8) is 0 Å². The van der Waals surface area contributed by atoms with Crippen LogP contribution in [0.25, 0.3) is 5.57 Å². The number of imide groups is 1. The quantitative estimate of drug-likeness (QED) is 0.621. The van der Waals surface area contributed by atoms with Crippen LogP contribution in [0.3, 0.4) is 0 Å². The highest BCUT2D eigenvalue weighted by Gasteiger charge is 2.43. The molecule has 2 aliphatic rings. The first-order chi connectivity index (χ1) is 14.4. The van der Waals surface area contributed by atoms with E-state index in [9.17, 15) is 9.59 Å². The number of amides is 2. The zero-order chi connectivity index (χ0) is 21.4. The molecule has 2 aromatic rings. The third-order valence-electron chi connectivity index (χ3n) is 5.64. The molecule has 0 atom stereocenters. The van der Waals surface area contributed by atoms with E-state index < -0.39 is 0 Å². The number of carbonyl (C=O) groups is 2. The topological polar surface area (TPSA) is 49.9 Å². The molecule has 156 valence electrons. The molecule has 5 nitrogen and oxygen atoms in total. The van der Waals surface area contributed by atoms with Crippen molar-refractivity contribution in [3.05, 3.63) is 63.8 Å². The molecule has 0 bridgehead atoms. The van der Waals surface area contributed by atoms with E-state index in [0.29, 0.717) is 44.2 Å². The first-order valence-electron chi connectivity index (χ1n) is 9.87. The Bertz CT molecular complexity index is 1000. The molecule has 2 amide bonds. The lowest BCUT2D eigenvalue weighted by molar-refractivity contribution is -0.120. The van der Waals surface area contributed by atoms with Gasteiger partial charge >= 0.3 is 0 Å². The van der Waals surface area contributed by atoms with Gasteiger partial charge in [-0.2, -0.15) is 0 Å². The van der Waals surface area contributed by atoms with Gasteiger partial charge in [0.05, 0.1) is 18.4 Å². The average molecular weight is 445 g/mol. The zero-order valence-corrected chi connectivity index (χ0v) is 18.3. The van der Waals surface area contributed by atoms with Crippen LogP contribution in [0.4, 0.5) is 5.69 Å². The smallest absolute Gasteiger partial charge is 0.282 e. The van der Waals surface area contributed by atoms with Crippen molar-refractivity contribution in [1.29, 1.82) is 0 Å². The zero-order valence-electron chi connectivity index (χ0n) is 16.8. The van der Waals surface area contributed by atoms with Crippen molar-refractivity contribution in [2.75, 3.05) is 25.1 Å². The lowest BCUT2D eigenvalue weighted by atomic mass is 9.97. The summed E-state index contributed by atoms with van der Waals surface area (Å²) in [5.41, 5.74) is 1.88. The molecule has 0 aromatic heterocycles. The molecule has 0 saturated carbocycles. The number of ether oxygens (including phenoxy) is 1. The number of anilines is 1. The first kappa shape index (κ1) is 20.8. The maximum absolute atomic E-state index is 13.5. The number of likely N-dealkylation sites (tertiary alicyclic amines) is 1. The Morgan fingerprint density at radius 3 is 2.10 bits per heavy atom. The van der Waals surface area contributed by atoms with E-state index in [1.54, 1.807) is 49.6 Å². The Kier molecular flexibility index (Phi) is 5.76. The highest BCUT2D eigenvalue weighted by Crippen LogP contribution is 2.38. The Labute approximate surface area is 185 Å². The molecule has 2 heterocycles. The fourth-order valence-electron chi connectivity index (χ4n) is 3.96. The van der Waals surface area contributed by atoms with Gasteiger partial charge in [-0.1, -0.05) is 42.3 Å². The van der Waals surface area contributed by atoms with E-state index in [0.717, 1.165) is 25.9 Å². The second kappa shape index (κ2) is 8.32. The summed E-state index contributed by atoms with van der Waals surface area (Å²) in [4.78, 5) is 30.2. The third-order valence-corrected chi connectivity index (χ3v) is 6.08. The van der Waals surface area contributed by atoms with Crippen LogP contribution < -0.4 is 9.64 Å². The van der Waals surface area contributed by atoms with Gasteiger partial charge in [-0.25, -0.2) is 4.90 Å². The molecular formula is C23H22Cl2N2O3. The van der Waals surface area contributed by atoms with Gasteiger partial charge in [0.15, 0.2) is 0 Å². The van der Waals surface area contributed by atoms with E-state index in [4.69, 9.17) is 27.9 Å². The Balaban J connectivity index is 1.81. The molecule has 1 saturated heterocycles. The van der Waals surface area contributed by atoms with Gasteiger partial charge in [0.2, 0.25) is 0 Å². The summed E-state index contributed by atoms with van der Waals surface area (Å²) < 4.78 is 5.23. The minimum absolute atomic E-state index is 0.348. The summed E-state index contributed by atoms with van der Waals surface area (Å²) >= 11 is 12.3. The van der Waals surface area contributed by atoms with E-state index in [2.05, 4.69) is 6.92 Å². The number of hydrogen-bond acceptors (Lipinski definition) is 4. The van der Waals surface area contributed by atoms with Crippen LogP contribution in [0.15, 0.2) is 48.2 Å². The molecule has 0 unspecified atom stereocenters. The fraction of sp³-hybridized carbons (Fsp3) is 0.304. The molecular weight excluding hydrogens is 423 g/mol. The normalized spacial score (nSPS) is 17.9. The second-order valence-corrected chi connectivity index (χ2v) is 8.57. The highest BCUT2D eigenvalue weighted by molar-refractivity contribution is 6.46. The summed E-state index contributed by atoms with van der Waals surface area (Å²) in [6.07, 6.45) is 1.95. The van der Waals surface area contributed by atoms with Crippen molar-refractivity contribution < 1.29 is 14.3 Å². The monoisotopic (exact) mass is 444 g/mol. The van der Waals surface area contributed by atoms with Crippen molar-refractivity contribution >= 4 is 46.3 Å². The first-order valence-corrected chi connectivity index (χ1v) is 10.6. The summed E-state index contributed by atoms with van der Waals surface area (Å²) in [6, 6.07) is 11.9. The van der Waals surface area contributed by atoms with Gasteiger partial charge in [-0.15, -0.1) is 0 Å². The van der Waals surface area contributed by atoms with Gasteiger partial charge in [0.1, 0.15) is 11.4 Å². The Morgan fingerprint density at radius 1 is 0.933 bits per heavy atom. The average Bonchev–Trinajstić information content (AvgIpc) is 2.98. The molecule has 0 aliphatic carbocycles. The van der Waals surface area contributed by atoms with Crippen LogP contribution in [0.2, 0.25) is 10.0 Å². The molecule has 0 N–H and O–H groups in total. The lowest BCUT2D eigenvalue weighted by Gasteiger charge is -2.32. The minimum Gasteiger partial charge on any atom is -0.497 e. The van der Waals surface area contributed by atoms with Gasteiger partial charge in [0, 0.05) is 23.1 Å². The number of rotatable bonds is 4. The van der Waals surface area contributed by atoms with Crippen LogP contribution in [0, 0.1) is 5.92 Å². The van der Waals surface area contributed by atoms with Crippen LogP contribution >= 0.6 is 23.2 Å². The summed E-state index contributed by atoms with van der Waals surface area (Å²) in [6.45, 7) is 3.68. The number of piperidine rings is 1. The van der Waals surface area contributed by atoms with Crippen LogP contribution in [0.5, 0.6) is 5.75 Å². The molecule has 7 heteroatoms. The molecule has 0 radical (unpaired) electrons. The van der Waals surface area contributed by atoms with Gasteiger partial charge in [-0.3, -0.25) is 9.59 Å². The minimum atomic E-state index is -0.378. The highest BCUT2D eigenvalue weighted by atomic mass is 35.5. The molecule has 1 fully saturated rings. The predicted octanol–water partition coefficient (Wildman–Crippen LogP) is 5.02. The van der Waals surface area contributed by atoms with Crippen molar-refractivity contribution in [2.24, 2.45) is 5.92 Å². The van der Waals surface area contributed by atoms with Gasteiger partial charge in [0.25, 0.3) is 11.8 Å². The largest absolute Gasteiger partial charge is 0.497 e. The summed E-state index contributed by atoms with van der Waals surface area (Å²) in [5.74, 6) is 0.556. The number of nitrogens with zero attached hydrogens (tertiary/aromatic N) is 2.